The molecule has 0 unspecified atom stereocenters. The normalized spacial score (nSPS) is 11.8. The zero-order valence-corrected chi connectivity index (χ0v) is 7.53. The topological polar surface area (TPSA) is 59.0 Å². The summed E-state index contributed by atoms with van der Waals surface area (Å²) in [6, 6.07) is 9.11. The minimum absolute atomic E-state index is 0.423. The van der Waals surface area contributed by atoms with Crippen LogP contribution in [0.3, 0.4) is 0 Å². The molecule has 0 amide bonds. The highest BCUT2D eigenvalue weighted by atomic mass is 16.5. The first kappa shape index (κ1) is 9.56. The van der Waals surface area contributed by atoms with Crippen LogP contribution in [0.2, 0.25) is 0 Å². The third-order valence-corrected chi connectivity index (χ3v) is 1.78. The van der Waals surface area contributed by atoms with E-state index in [0.29, 0.717) is 6.42 Å². The van der Waals surface area contributed by atoms with Gasteiger partial charge in [-0.05, 0) is 17.7 Å². The van der Waals surface area contributed by atoms with E-state index in [2.05, 4.69) is 0 Å². The SMILES string of the molecule is COc1ccc(C[C@H](N)C#N)cc1. The van der Waals surface area contributed by atoms with E-state index in [1.165, 1.54) is 0 Å². The number of hydrogen-bond acceptors (Lipinski definition) is 3. The fraction of sp³-hybridized carbons (Fsp3) is 0.300. The largest absolute Gasteiger partial charge is 0.497 e. The molecule has 0 aliphatic carbocycles. The van der Waals surface area contributed by atoms with Crippen molar-refractivity contribution in [2.24, 2.45) is 5.73 Å². The van der Waals surface area contributed by atoms with Crippen molar-refractivity contribution in [2.45, 2.75) is 12.5 Å². The molecule has 2 N–H and O–H groups in total. The number of nitrogens with two attached hydrogens (primary N) is 1. The third-order valence-electron chi connectivity index (χ3n) is 1.78. The lowest BCUT2D eigenvalue weighted by atomic mass is 10.1. The van der Waals surface area contributed by atoms with Gasteiger partial charge in [0, 0.05) is 6.42 Å². The van der Waals surface area contributed by atoms with Gasteiger partial charge in [-0.2, -0.15) is 5.26 Å². The summed E-state index contributed by atoms with van der Waals surface area (Å²) < 4.78 is 5.00. The second kappa shape index (κ2) is 4.48. The molecule has 0 aliphatic heterocycles. The van der Waals surface area contributed by atoms with Crippen molar-refractivity contribution >= 4 is 0 Å². The Morgan fingerprint density at radius 3 is 2.54 bits per heavy atom. The lowest BCUT2D eigenvalue weighted by Gasteiger charge is -2.04. The van der Waals surface area contributed by atoms with E-state index in [4.69, 9.17) is 15.7 Å². The van der Waals surface area contributed by atoms with Gasteiger partial charge in [0.05, 0.1) is 19.2 Å². The highest BCUT2D eigenvalue weighted by Crippen LogP contribution is 2.11. The molecule has 0 radical (unpaired) electrons. The molecule has 0 aliphatic rings. The van der Waals surface area contributed by atoms with E-state index in [9.17, 15) is 0 Å². The summed E-state index contributed by atoms with van der Waals surface area (Å²) >= 11 is 0. The first-order valence-corrected chi connectivity index (χ1v) is 4.04. The molecule has 0 saturated carbocycles. The molecule has 1 aromatic rings. The van der Waals surface area contributed by atoms with Crippen LogP contribution in [0.25, 0.3) is 0 Å². The number of benzene rings is 1. The van der Waals surface area contributed by atoms with Gasteiger partial charge in [-0.1, -0.05) is 12.1 Å². The fourth-order valence-corrected chi connectivity index (χ4v) is 1.06. The van der Waals surface area contributed by atoms with E-state index < -0.39 is 6.04 Å². The van der Waals surface area contributed by atoms with Crippen molar-refractivity contribution in [3.05, 3.63) is 29.8 Å². The molecule has 0 bridgehead atoms. The number of hydrogen-bond donors (Lipinski definition) is 1. The zero-order chi connectivity index (χ0) is 9.68. The van der Waals surface area contributed by atoms with Gasteiger partial charge >= 0.3 is 0 Å². The summed E-state index contributed by atoms with van der Waals surface area (Å²) in [6.45, 7) is 0. The van der Waals surface area contributed by atoms with Crippen LogP contribution in [0.1, 0.15) is 5.56 Å². The number of nitrogens with zero attached hydrogens (tertiary/aromatic N) is 1. The van der Waals surface area contributed by atoms with Crippen molar-refractivity contribution in [1.29, 1.82) is 5.26 Å². The van der Waals surface area contributed by atoms with Gasteiger partial charge in [0.2, 0.25) is 0 Å². The molecule has 1 rings (SSSR count). The van der Waals surface area contributed by atoms with Gasteiger partial charge < -0.3 is 10.5 Å². The maximum atomic E-state index is 8.50. The molecule has 1 atom stereocenters. The summed E-state index contributed by atoms with van der Waals surface area (Å²) in [4.78, 5) is 0. The molecule has 0 saturated heterocycles. The van der Waals surface area contributed by atoms with Crippen LogP contribution < -0.4 is 10.5 Å². The number of methoxy groups -OCH3 is 1. The van der Waals surface area contributed by atoms with Crippen LogP contribution in [0.5, 0.6) is 5.75 Å². The van der Waals surface area contributed by atoms with Crippen LogP contribution in [-0.2, 0) is 6.42 Å². The van der Waals surface area contributed by atoms with Crippen molar-refractivity contribution in [3.63, 3.8) is 0 Å². The Morgan fingerprint density at radius 1 is 1.46 bits per heavy atom. The predicted octanol–water partition coefficient (Wildman–Crippen LogP) is 1.09. The molecule has 13 heavy (non-hydrogen) atoms. The summed E-state index contributed by atoms with van der Waals surface area (Å²) in [6.07, 6.45) is 0.584. The van der Waals surface area contributed by atoms with Crippen LogP contribution in [0.4, 0.5) is 0 Å². The van der Waals surface area contributed by atoms with Gasteiger partial charge in [0.15, 0.2) is 0 Å². The molecule has 0 heterocycles. The summed E-state index contributed by atoms with van der Waals surface area (Å²) in [7, 11) is 1.62. The summed E-state index contributed by atoms with van der Waals surface area (Å²) in [5.74, 6) is 0.814. The zero-order valence-electron chi connectivity index (χ0n) is 7.53. The van der Waals surface area contributed by atoms with Crippen LogP contribution in [0, 0.1) is 11.3 Å². The van der Waals surface area contributed by atoms with Crippen LogP contribution in [-0.4, -0.2) is 13.2 Å². The smallest absolute Gasteiger partial charge is 0.118 e. The third kappa shape index (κ3) is 2.77. The van der Waals surface area contributed by atoms with Gasteiger partial charge in [-0.3, -0.25) is 0 Å². The van der Waals surface area contributed by atoms with E-state index in [0.717, 1.165) is 11.3 Å². The first-order valence-electron chi connectivity index (χ1n) is 4.04. The van der Waals surface area contributed by atoms with Crippen molar-refractivity contribution in [2.75, 3.05) is 7.11 Å². The molecule has 1 aromatic carbocycles. The molecule has 0 spiro atoms. The quantitative estimate of drug-likeness (QED) is 0.749. The highest BCUT2D eigenvalue weighted by Gasteiger charge is 2.01. The Bertz CT molecular complexity index is 300. The van der Waals surface area contributed by atoms with E-state index in [1.54, 1.807) is 7.11 Å². The standard InChI is InChI=1S/C10H12N2O/c1-13-10-4-2-8(3-5-10)6-9(12)7-11/h2-5,9H,6,12H2,1H3/t9-/m0/s1. The minimum atomic E-state index is -0.423. The van der Waals surface area contributed by atoms with E-state index in [1.807, 2.05) is 30.3 Å². The van der Waals surface area contributed by atoms with E-state index >= 15 is 0 Å². The highest BCUT2D eigenvalue weighted by molar-refractivity contribution is 5.28. The van der Waals surface area contributed by atoms with Crippen molar-refractivity contribution in [3.8, 4) is 11.8 Å². The molecular formula is C10H12N2O. The molecule has 3 heteroatoms. The monoisotopic (exact) mass is 176 g/mol. The molecule has 0 aromatic heterocycles. The fourth-order valence-electron chi connectivity index (χ4n) is 1.06. The Labute approximate surface area is 77.7 Å². The molecule has 3 nitrogen and oxygen atoms in total. The Balaban J connectivity index is 2.65. The van der Waals surface area contributed by atoms with Gasteiger partial charge in [0.1, 0.15) is 5.75 Å². The Hall–Kier alpha value is -1.53. The Kier molecular flexibility index (Phi) is 3.30. The van der Waals surface area contributed by atoms with Crippen molar-refractivity contribution < 1.29 is 4.74 Å². The number of nitriles is 1. The Morgan fingerprint density at radius 2 is 2.08 bits per heavy atom. The average Bonchev–Trinajstić information content (AvgIpc) is 2.19. The van der Waals surface area contributed by atoms with Crippen molar-refractivity contribution in [1.82, 2.24) is 0 Å². The van der Waals surface area contributed by atoms with Gasteiger partial charge in [-0.25, -0.2) is 0 Å². The summed E-state index contributed by atoms with van der Waals surface area (Å²) in [5.41, 5.74) is 6.53. The van der Waals surface area contributed by atoms with E-state index in [-0.39, 0.29) is 0 Å². The number of rotatable bonds is 3. The lowest BCUT2D eigenvalue weighted by Crippen LogP contribution is -2.19. The first-order chi connectivity index (χ1) is 6.26. The molecule has 0 fully saturated rings. The maximum Gasteiger partial charge on any atom is 0.118 e. The predicted molar refractivity (Wildman–Crippen MR) is 50.3 cm³/mol. The summed E-state index contributed by atoms with van der Waals surface area (Å²) in [5, 5.41) is 8.50. The average molecular weight is 176 g/mol. The molecule has 68 valence electrons. The van der Waals surface area contributed by atoms with Crippen LogP contribution >= 0.6 is 0 Å². The second-order valence-electron chi connectivity index (χ2n) is 2.79. The second-order valence-corrected chi connectivity index (χ2v) is 2.79. The maximum absolute atomic E-state index is 8.50. The minimum Gasteiger partial charge on any atom is -0.497 e. The molecular weight excluding hydrogens is 164 g/mol. The number of ether oxygens (including phenoxy) is 1. The van der Waals surface area contributed by atoms with Gasteiger partial charge in [-0.15, -0.1) is 0 Å². The van der Waals surface area contributed by atoms with Gasteiger partial charge in [0.25, 0.3) is 0 Å². The lowest BCUT2D eigenvalue weighted by molar-refractivity contribution is 0.414. The van der Waals surface area contributed by atoms with Crippen LogP contribution in [0.15, 0.2) is 24.3 Å².